The second kappa shape index (κ2) is 7.38. The van der Waals surface area contributed by atoms with Crippen LogP contribution in [-0.2, 0) is 16.9 Å². The maximum atomic E-state index is 13.6. The summed E-state index contributed by atoms with van der Waals surface area (Å²) in [7, 11) is 2.97. The van der Waals surface area contributed by atoms with Crippen LogP contribution in [0.4, 0.5) is 13.6 Å². The van der Waals surface area contributed by atoms with Crippen molar-refractivity contribution in [2.75, 3.05) is 14.2 Å². The minimum atomic E-state index is -1.51. The lowest BCUT2D eigenvalue weighted by atomic mass is 9.92. The van der Waals surface area contributed by atoms with Crippen molar-refractivity contribution < 1.29 is 27.8 Å². The molecule has 9 heteroatoms. The number of methoxy groups -OCH3 is 2. The van der Waals surface area contributed by atoms with Crippen LogP contribution in [0, 0.1) is 11.6 Å². The number of halogens is 3. The topological polar surface area (TPSA) is 67.9 Å². The van der Waals surface area contributed by atoms with Crippen molar-refractivity contribution in [3.05, 3.63) is 57.6 Å². The molecular formula is C19H17BrF2N2O4. The van der Waals surface area contributed by atoms with E-state index in [1.807, 2.05) is 0 Å². The number of benzene rings is 2. The number of carbonyl (C=O) groups excluding carboxylic acids is 2. The Bertz CT molecular complexity index is 969. The van der Waals surface area contributed by atoms with E-state index in [0.29, 0.717) is 21.5 Å². The number of nitrogens with zero attached hydrogens (tertiary/aromatic N) is 1. The predicted molar refractivity (Wildman–Crippen MR) is 100 cm³/mol. The molecule has 0 aromatic heterocycles. The fraction of sp³-hybridized carbons (Fsp3) is 0.263. The van der Waals surface area contributed by atoms with Gasteiger partial charge in [-0.2, -0.15) is 0 Å². The Morgan fingerprint density at radius 1 is 1.07 bits per heavy atom. The summed E-state index contributed by atoms with van der Waals surface area (Å²) in [6, 6.07) is 5.77. The Morgan fingerprint density at radius 3 is 2.32 bits per heavy atom. The normalized spacial score (nSPS) is 19.0. The van der Waals surface area contributed by atoms with E-state index < -0.39 is 29.1 Å². The third-order valence-corrected chi connectivity index (χ3v) is 5.39. The summed E-state index contributed by atoms with van der Waals surface area (Å²) in [5, 5.41) is 2.56. The number of rotatable bonds is 5. The molecule has 28 heavy (non-hydrogen) atoms. The maximum Gasteiger partial charge on any atom is 0.325 e. The first kappa shape index (κ1) is 20.1. The van der Waals surface area contributed by atoms with Gasteiger partial charge in [-0.1, -0.05) is 22.0 Å². The first-order valence-electron chi connectivity index (χ1n) is 8.21. The summed E-state index contributed by atoms with van der Waals surface area (Å²) < 4.78 is 38.0. The number of carbonyl (C=O) groups is 2. The highest BCUT2D eigenvalue weighted by molar-refractivity contribution is 9.10. The van der Waals surface area contributed by atoms with Gasteiger partial charge in [-0.3, -0.25) is 9.69 Å². The summed E-state index contributed by atoms with van der Waals surface area (Å²) in [6.07, 6.45) is 0. The number of urea groups is 1. The van der Waals surface area contributed by atoms with Gasteiger partial charge < -0.3 is 14.8 Å². The largest absolute Gasteiger partial charge is 0.493 e. The zero-order valence-electron chi connectivity index (χ0n) is 15.3. The van der Waals surface area contributed by atoms with E-state index in [4.69, 9.17) is 9.47 Å². The lowest BCUT2D eigenvalue weighted by Crippen LogP contribution is -2.41. The van der Waals surface area contributed by atoms with Crippen molar-refractivity contribution in [3.8, 4) is 11.5 Å². The first-order valence-corrected chi connectivity index (χ1v) is 9.00. The van der Waals surface area contributed by atoms with Crippen LogP contribution in [0.25, 0.3) is 0 Å². The minimum absolute atomic E-state index is 0.0507. The Morgan fingerprint density at radius 2 is 1.71 bits per heavy atom. The van der Waals surface area contributed by atoms with Crippen molar-refractivity contribution in [2.24, 2.45) is 0 Å². The molecule has 1 saturated heterocycles. The van der Waals surface area contributed by atoms with Gasteiger partial charge in [0.25, 0.3) is 5.91 Å². The van der Waals surface area contributed by atoms with Gasteiger partial charge in [-0.15, -0.1) is 0 Å². The minimum Gasteiger partial charge on any atom is -0.493 e. The Hall–Kier alpha value is -2.68. The zero-order valence-corrected chi connectivity index (χ0v) is 16.9. The molecule has 0 saturated carbocycles. The molecule has 6 nitrogen and oxygen atoms in total. The highest BCUT2D eigenvalue weighted by Gasteiger charge is 2.49. The number of hydrogen-bond acceptors (Lipinski definition) is 4. The van der Waals surface area contributed by atoms with Gasteiger partial charge in [0.05, 0.1) is 20.8 Å². The van der Waals surface area contributed by atoms with Crippen molar-refractivity contribution in [2.45, 2.75) is 19.0 Å². The van der Waals surface area contributed by atoms with Crippen LogP contribution in [0.3, 0.4) is 0 Å². The Kier molecular flexibility index (Phi) is 5.29. The average Bonchev–Trinajstić information content (AvgIpc) is 2.88. The lowest BCUT2D eigenvalue weighted by Gasteiger charge is -2.22. The fourth-order valence-electron chi connectivity index (χ4n) is 3.03. The smallest absolute Gasteiger partial charge is 0.325 e. The van der Waals surface area contributed by atoms with E-state index in [1.54, 1.807) is 12.1 Å². The van der Waals surface area contributed by atoms with Crippen molar-refractivity contribution in [1.29, 1.82) is 0 Å². The summed E-state index contributed by atoms with van der Waals surface area (Å²) >= 11 is 3.39. The van der Waals surface area contributed by atoms with E-state index in [9.17, 15) is 18.4 Å². The second-order valence-electron chi connectivity index (χ2n) is 6.37. The van der Waals surface area contributed by atoms with Crippen LogP contribution >= 0.6 is 15.9 Å². The highest BCUT2D eigenvalue weighted by atomic mass is 79.9. The Labute approximate surface area is 168 Å². The summed E-state index contributed by atoms with van der Waals surface area (Å²) in [4.78, 5) is 26.5. The monoisotopic (exact) mass is 454 g/mol. The molecule has 1 atom stereocenters. The van der Waals surface area contributed by atoms with Crippen LogP contribution in [-0.4, -0.2) is 31.1 Å². The molecule has 148 valence electrons. The van der Waals surface area contributed by atoms with E-state index in [2.05, 4.69) is 21.2 Å². The standard InChI is InChI=1S/C19H17BrF2N2O4/c1-19(11-4-5-13(21)14(22)7-11)17(25)24(18(26)23-19)9-10-6-15(27-2)16(28-3)8-12(10)20/h4-8H,9H2,1-3H3,(H,23,26). The molecule has 2 aromatic rings. The molecular weight excluding hydrogens is 438 g/mol. The summed E-state index contributed by atoms with van der Waals surface area (Å²) in [5.41, 5.74) is -0.747. The van der Waals surface area contributed by atoms with Crippen molar-refractivity contribution in [1.82, 2.24) is 10.2 Å². The molecule has 1 aliphatic rings. The van der Waals surface area contributed by atoms with Gasteiger partial charge in [0, 0.05) is 4.47 Å². The average molecular weight is 455 g/mol. The predicted octanol–water partition coefficient (Wildman–Crippen LogP) is 3.71. The van der Waals surface area contributed by atoms with Gasteiger partial charge >= 0.3 is 6.03 Å². The molecule has 0 bridgehead atoms. The van der Waals surface area contributed by atoms with E-state index in [0.717, 1.165) is 17.0 Å². The number of nitrogens with one attached hydrogen (secondary N) is 1. The summed E-state index contributed by atoms with van der Waals surface area (Å²) in [5.74, 6) is -1.78. The molecule has 1 aliphatic heterocycles. The van der Waals surface area contributed by atoms with Crippen LogP contribution < -0.4 is 14.8 Å². The van der Waals surface area contributed by atoms with Crippen LogP contribution in [0.2, 0.25) is 0 Å². The molecule has 1 heterocycles. The zero-order chi connectivity index (χ0) is 20.6. The molecule has 0 aliphatic carbocycles. The van der Waals surface area contributed by atoms with Crippen LogP contribution in [0.15, 0.2) is 34.8 Å². The Balaban J connectivity index is 1.93. The van der Waals surface area contributed by atoms with Gasteiger partial charge in [-0.25, -0.2) is 13.6 Å². The van der Waals surface area contributed by atoms with Crippen LogP contribution in [0.1, 0.15) is 18.1 Å². The molecule has 0 radical (unpaired) electrons. The van der Waals surface area contributed by atoms with Crippen molar-refractivity contribution >= 4 is 27.9 Å². The van der Waals surface area contributed by atoms with E-state index in [-0.39, 0.29) is 12.1 Å². The third kappa shape index (κ3) is 3.30. The molecule has 1 unspecified atom stereocenters. The quantitative estimate of drug-likeness (QED) is 0.699. The van der Waals surface area contributed by atoms with Gasteiger partial charge in [-0.05, 0) is 42.3 Å². The third-order valence-electron chi connectivity index (χ3n) is 4.65. The second-order valence-corrected chi connectivity index (χ2v) is 7.23. The molecule has 0 spiro atoms. The summed E-state index contributed by atoms with van der Waals surface area (Å²) in [6.45, 7) is 1.40. The number of ether oxygens (including phenoxy) is 2. The van der Waals surface area contributed by atoms with Gasteiger partial charge in [0.1, 0.15) is 5.54 Å². The molecule has 1 fully saturated rings. The van der Waals surface area contributed by atoms with E-state index >= 15 is 0 Å². The number of imide groups is 1. The molecule has 3 amide bonds. The fourth-order valence-corrected chi connectivity index (χ4v) is 3.48. The lowest BCUT2D eigenvalue weighted by molar-refractivity contribution is -0.131. The SMILES string of the molecule is COc1cc(Br)c(CN2C(=O)NC(C)(c3ccc(F)c(F)c3)C2=O)cc1OC. The van der Waals surface area contributed by atoms with Gasteiger partial charge in [0.15, 0.2) is 23.1 Å². The van der Waals surface area contributed by atoms with E-state index in [1.165, 1.54) is 27.2 Å². The number of amides is 3. The van der Waals surface area contributed by atoms with Gasteiger partial charge in [0.2, 0.25) is 0 Å². The van der Waals surface area contributed by atoms with Crippen molar-refractivity contribution in [3.63, 3.8) is 0 Å². The molecule has 2 aromatic carbocycles. The first-order chi connectivity index (χ1) is 13.2. The maximum absolute atomic E-state index is 13.6. The highest BCUT2D eigenvalue weighted by Crippen LogP contribution is 2.36. The molecule has 1 N–H and O–H groups in total. The number of hydrogen-bond donors (Lipinski definition) is 1. The molecule has 3 rings (SSSR count). The van der Waals surface area contributed by atoms with Crippen LogP contribution in [0.5, 0.6) is 11.5 Å².